The number of anilines is 1. The van der Waals surface area contributed by atoms with Crippen LogP contribution in [0.15, 0.2) is 30.5 Å². The quantitative estimate of drug-likeness (QED) is 0.378. The van der Waals surface area contributed by atoms with E-state index in [2.05, 4.69) is 15.0 Å². The zero-order valence-electron chi connectivity index (χ0n) is 21.5. The third-order valence-corrected chi connectivity index (χ3v) is 6.58. The van der Waals surface area contributed by atoms with Crippen molar-refractivity contribution < 1.29 is 23.1 Å². The van der Waals surface area contributed by atoms with Crippen molar-refractivity contribution in [3.8, 4) is 11.4 Å². The lowest BCUT2D eigenvalue weighted by atomic mass is 10.1. The van der Waals surface area contributed by atoms with Gasteiger partial charge in [0.2, 0.25) is 5.95 Å². The molecule has 0 saturated carbocycles. The third kappa shape index (κ3) is 4.70. The molecule has 0 unspecified atom stereocenters. The first-order chi connectivity index (χ1) is 17.8. The van der Waals surface area contributed by atoms with E-state index in [0.717, 1.165) is 47.8 Å². The second-order valence-corrected chi connectivity index (χ2v) is 10.5. The van der Waals surface area contributed by atoms with Crippen molar-refractivity contribution in [2.45, 2.75) is 64.7 Å². The van der Waals surface area contributed by atoms with Gasteiger partial charge >= 0.3 is 12.3 Å². The van der Waals surface area contributed by atoms with E-state index in [1.165, 1.54) is 16.5 Å². The molecule has 0 fully saturated rings. The Bertz CT molecular complexity index is 1520. The molecule has 1 aliphatic rings. The Morgan fingerprint density at radius 2 is 1.68 bits per heavy atom. The van der Waals surface area contributed by atoms with Crippen molar-refractivity contribution >= 4 is 23.1 Å². The first kappa shape index (κ1) is 25.7. The van der Waals surface area contributed by atoms with Crippen LogP contribution in [-0.4, -0.2) is 46.0 Å². The Morgan fingerprint density at radius 3 is 2.26 bits per heavy atom. The predicted molar refractivity (Wildman–Crippen MR) is 135 cm³/mol. The average molecular weight is 528 g/mol. The van der Waals surface area contributed by atoms with Crippen LogP contribution in [0.2, 0.25) is 0 Å². The van der Waals surface area contributed by atoms with E-state index in [4.69, 9.17) is 5.10 Å². The molecule has 5 rings (SSSR count). The highest BCUT2D eigenvalue weighted by atomic mass is 19.4. The number of carbonyl (C=O) groups is 1. The molecule has 4 aromatic rings. The Balaban J connectivity index is 1.53. The summed E-state index contributed by atoms with van der Waals surface area (Å²) < 4.78 is 42.3. The number of amides is 1. The van der Waals surface area contributed by atoms with E-state index in [0.29, 0.717) is 24.2 Å². The Kier molecular flexibility index (Phi) is 6.15. The zero-order chi connectivity index (χ0) is 27.4. The van der Waals surface area contributed by atoms with E-state index in [1.54, 1.807) is 37.6 Å². The van der Waals surface area contributed by atoms with Crippen LogP contribution >= 0.6 is 0 Å². The molecule has 1 aromatic carbocycles. The fourth-order valence-electron chi connectivity index (χ4n) is 4.83. The highest BCUT2D eigenvalue weighted by Crippen LogP contribution is 2.32. The topological polar surface area (TPSA) is 102 Å². The second-order valence-electron chi connectivity index (χ2n) is 10.5. The fourth-order valence-corrected chi connectivity index (χ4v) is 4.83. The maximum absolute atomic E-state index is 13.1. The van der Waals surface area contributed by atoms with Gasteiger partial charge in [0, 0.05) is 24.3 Å². The number of rotatable bonds is 4. The molecule has 3 heterocycles. The summed E-state index contributed by atoms with van der Waals surface area (Å²) in [6, 6.07) is 7.09. The second kappa shape index (κ2) is 9.10. The van der Waals surface area contributed by atoms with Gasteiger partial charge < -0.3 is 9.67 Å². The molecule has 0 bridgehead atoms. The molecule has 0 spiro atoms. The van der Waals surface area contributed by atoms with Crippen LogP contribution in [0.25, 0.3) is 22.4 Å². The molecule has 38 heavy (non-hydrogen) atoms. The average Bonchev–Trinajstić information content (AvgIpc) is 3.29. The highest BCUT2D eigenvalue weighted by Gasteiger charge is 2.35. The number of halogens is 3. The number of nitrogens with zero attached hydrogens (tertiary/aromatic N) is 7. The van der Waals surface area contributed by atoms with E-state index in [-0.39, 0.29) is 11.8 Å². The van der Waals surface area contributed by atoms with Crippen LogP contribution in [0.5, 0.6) is 0 Å². The summed E-state index contributed by atoms with van der Waals surface area (Å²) in [6.45, 7) is 5.71. The summed E-state index contributed by atoms with van der Waals surface area (Å²) in [4.78, 5) is 26.4. The van der Waals surface area contributed by atoms with E-state index in [9.17, 15) is 23.1 Å². The summed E-state index contributed by atoms with van der Waals surface area (Å²) in [7, 11) is 1.53. The standard InChI is InChI=1S/C26H28F3N7O2/c1-25(2,3)36(24(37)38)23-30-17-7-5-6-8-18-20(17)22(32-23)35(33-18)13-15-9-11-16(12-10-15)21-31-19(14-34(21)4)26(27,28)29/h9-12,14H,5-8,13H2,1-4H3,(H,37,38). The monoisotopic (exact) mass is 527 g/mol. The number of hydrogen-bond donors (Lipinski definition) is 1. The lowest BCUT2D eigenvalue weighted by Crippen LogP contribution is -2.46. The molecular weight excluding hydrogens is 499 g/mol. The molecule has 1 N–H and O–H groups in total. The smallest absolute Gasteiger partial charge is 0.434 e. The van der Waals surface area contributed by atoms with Crippen LogP contribution in [0.3, 0.4) is 0 Å². The number of hydrogen-bond acceptors (Lipinski definition) is 5. The van der Waals surface area contributed by atoms with Crippen LogP contribution in [0.4, 0.5) is 23.9 Å². The van der Waals surface area contributed by atoms with Crippen LogP contribution < -0.4 is 4.90 Å². The molecule has 200 valence electrons. The molecular formula is C26H28F3N7O2. The van der Waals surface area contributed by atoms with Gasteiger partial charge in [-0.3, -0.25) is 0 Å². The Hall–Kier alpha value is -3.96. The summed E-state index contributed by atoms with van der Waals surface area (Å²) in [5.74, 6) is 0.337. The minimum Gasteiger partial charge on any atom is -0.465 e. The Morgan fingerprint density at radius 1 is 1.03 bits per heavy atom. The van der Waals surface area contributed by atoms with Crippen LogP contribution in [0, 0.1) is 0 Å². The van der Waals surface area contributed by atoms with Crippen molar-refractivity contribution in [3.05, 3.63) is 53.1 Å². The molecule has 3 aromatic heterocycles. The number of aromatic nitrogens is 6. The van der Waals surface area contributed by atoms with Crippen molar-refractivity contribution in [2.75, 3.05) is 4.90 Å². The SMILES string of the molecule is Cn1cc(C(F)(F)F)nc1-c1ccc(Cn2nc3c4c(nc(N(C(=O)O)C(C)(C)C)nc42)CCCC3)cc1. The van der Waals surface area contributed by atoms with Gasteiger partial charge in [-0.15, -0.1) is 0 Å². The molecule has 0 radical (unpaired) electrons. The number of aryl methyl sites for hydroxylation is 3. The van der Waals surface area contributed by atoms with Crippen molar-refractivity contribution in [2.24, 2.45) is 7.05 Å². The third-order valence-electron chi connectivity index (χ3n) is 6.58. The number of alkyl halides is 3. The maximum Gasteiger partial charge on any atom is 0.434 e. The fraction of sp³-hybridized carbons (Fsp3) is 0.423. The minimum atomic E-state index is -4.51. The minimum absolute atomic E-state index is 0.118. The van der Waals surface area contributed by atoms with Gasteiger partial charge in [0.05, 0.1) is 23.3 Å². The van der Waals surface area contributed by atoms with E-state index < -0.39 is 23.5 Å². The van der Waals surface area contributed by atoms with E-state index >= 15 is 0 Å². The van der Waals surface area contributed by atoms with Gasteiger partial charge in [-0.1, -0.05) is 24.3 Å². The summed E-state index contributed by atoms with van der Waals surface area (Å²) in [6.07, 6.45) is -1.32. The molecule has 1 aliphatic carbocycles. The number of imidazole rings is 1. The summed E-state index contributed by atoms with van der Waals surface area (Å²) in [5, 5.41) is 15.6. The van der Waals surface area contributed by atoms with E-state index in [1.807, 2.05) is 12.1 Å². The van der Waals surface area contributed by atoms with Crippen molar-refractivity contribution in [1.29, 1.82) is 0 Å². The molecule has 0 saturated heterocycles. The van der Waals surface area contributed by atoms with Gasteiger partial charge in [0.15, 0.2) is 11.3 Å². The number of benzene rings is 1. The van der Waals surface area contributed by atoms with Crippen LogP contribution in [0.1, 0.15) is 56.3 Å². The largest absolute Gasteiger partial charge is 0.465 e. The van der Waals surface area contributed by atoms with Gasteiger partial charge in [-0.2, -0.15) is 23.3 Å². The molecule has 0 aliphatic heterocycles. The molecule has 12 heteroatoms. The van der Waals surface area contributed by atoms with Crippen molar-refractivity contribution in [3.63, 3.8) is 0 Å². The molecule has 0 atom stereocenters. The van der Waals surface area contributed by atoms with Crippen LogP contribution in [-0.2, 0) is 32.6 Å². The predicted octanol–water partition coefficient (Wildman–Crippen LogP) is 5.46. The number of carboxylic acid groups (broad SMARTS) is 1. The zero-order valence-corrected chi connectivity index (χ0v) is 21.5. The highest BCUT2D eigenvalue weighted by molar-refractivity contribution is 5.88. The summed E-state index contributed by atoms with van der Waals surface area (Å²) in [5.41, 5.74) is 1.98. The normalized spacial score (nSPS) is 14.1. The van der Waals surface area contributed by atoms with Gasteiger partial charge in [0.1, 0.15) is 5.82 Å². The molecule has 9 nitrogen and oxygen atoms in total. The summed E-state index contributed by atoms with van der Waals surface area (Å²) >= 11 is 0. The first-order valence-electron chi connectivity index (χ1n) is 12.3. The lowest BCUT2D eigenvalue weighted by Gasteiger charge is -2.31. The Labute approximate surface area is 216 Å². The lowest BCUT2D eigenvalue weighted by molar-refractivity contribution is -0.140. The van der Waals surface area contributed by atoms with Gasteiger partial charge in [0.25, 0.3) is 0 Å². The van der Waals surface area contributed by atoms with Gasteiger partial charge in [-0.25, -0.2) is 24.3 Å². The molecule has 1 amide bonds. The van der Waals surface area contributed by atoms with Crippen molar-refractivity contribution in [1.82, 2.24) is 29.3 Å². The first-order valence-corrected chi connectivity index (χ1v) is 12.3. The van der Waals surface area contributed by atoms with Gasteiger partial charge in [-0.05, 0) is 52.0 Å². The maximum atomic E-state index is 13.1.